The van der Waals surface area contributed by atoms with Crippen molar-refractivity contribution >= 4 is 17.2 Å². The fraction of sp³-hybridized carbons (Fsp3) is 0.368. The van der Waals surface area contributed by atoms with Gasteiger partial charge in [0, 0.05) is 24.0 Å². The predicted molar refractivity (Wildman–Crippen MR) is 101 cm³/mol. The molecular weight excluding hydrogens is 334 g/mol. The van der Waals surface area contributed by atoms with Crippen LogP contribution in [0.4, 0.5) is 0 Å². The van der Waals surface area contributed by atoms with Crippen molar-refractivity contribution in [1.82, 2.24) is 15.6 Å². The molecule has 6 heteroatoms. The van der Waals surface area contributed by atoms with Gasteiger partial charge in [0.1, 0.15) is 16.5 Å². The molecule has 0 unspecified atom stereocenters. The van der Waals surface area contributed by atoms with Crippen molar-refractivity contribution in [3.8, 4) is 16.3 Å². The van der Waals surface area contributed by atoms with Gasteiger partial charge in [-0.3, -0.25) is 4.79 Å². The van der Waals surface area contributed by atoms with Crippen LogP contribution in [0.25, 0.3) is 10.6 Å². The Kier molecular flexibility index (Phi) is 6.19. The van der Waals surface area contributed by atoms with E-state index in [2.05, 4.69) is 28.6 Å². The summed E-state index contributed by atoms with van der Waals surface area (Å²) in [5.41, 5.74) is 2.74. The van der Waals surface area contributed by atoms with Crippen molar-refractivity contribution in [2.75, 3.05) is 26.2 Å². The molecule has 0 aliphatic carbocycles. The lowest BCUT2D eigenvalue weighted by molar-refractivity contribution is 0.0952. The van der Waals surface area contributed by atoms with Crippen LogP contribution in [-0.2, 0) is 0 Å². The van der Waals surface area contributed by atoms with Crippen LogP contribution in [0.15, 0.2) is 41.3 Å². The molecular formula is C19H23N3O2S. The maximum Gasteiger partial charge on any atom is 0.271 e. The fourth-order valence-electron chi connectivity index (χ4n) is 2.54. The first kappa shape index (κ1) is 17.6. The summed E-state index contributed by atoms with van der Waals surface area (Å²) in [5, 5.41) is 8.87. The lowest BCUT2D eigenvalue weighted by Gasteiger charge is -2.14. The highest BCUT2D eigenvalue weighted by atomic mass is 32.1. The SMILES string of the molecule is CCCOc1ccc(-c2nc(C(=O)NCC3=CCNCC3)cs2)cc1. The summed E-state index contributed by atoms with van der Waals surface area (Å²) in [5.74, 6) is 0.736. The van der Waals surface area contributed by atoms with E-state index in [4.69, 9.17) is 4.74 Å². The lowest BCUT2D eigenvalue weighted by atomic mass is 10.1. The van der Waals surface area contributed by atoms with Crippen LogP contribution in [0.2, 0.25) is 0 Å². The van der Waals surface area contributed by atoms with Gasteiger partial charge < -0.3 is 15.4 Å². The van der Waals surface area contributed by atoms with Crippen LogP contribution in [-0.4, -0.2) is 37.1 Å². The molecule has 0 bridgehead atoms. The number of aromatic nitrogens is 1. The van der Waals surface area contributed by atoms with E-state index in [1.54, 1.807) is 0 Å². The number of carbonyl (C=O) groups excluding carboxylic acids is 1. The molecule has 1 amide bonds. The summed E-state index contributed by atoms with van der Waals surface area (Å²) in [7, 11) is 0. The molecule has 2 aromatic rings. The molecule has 2 N–H and O–H groups in total. The fourth-order valence-corrected chi connectivity index (χ4v) is 3.34. The van der Waals surface area contributed by atoms with Crippen LogP contribution in [0.1, 0.15) is 30.3 Å². The molecule has 0 saturated heterocycles. The highest BCUT2D eigenvalue weighted by molar-refractivity contribution is 7.13. The van der Waals surface area contributed by atoms with E-state index in [1.165, 1.54) is 16.9 Å². The number of nitrogens with zero attached hydrogens (tertiary/aromatic N) is 1. The molecule has 132 valence electrons. The Balaban J connectivity index is 1.59. The Morgan fingerprint density at radius 3 is 2.92 bits per heavy atom. The third-order valence-corrected chi connectivity index (χ3v) is 4.84. The number of thiazole rings is 1. The molecule has 2 heterocycles. The van der Waals surface area contributed by atoms with E-state index in [0.717, 1.165) is 42.3 Å². The minimum Gasteiger partial charge on any atom is -0.494 e. The van der Waals surface area contributed by atoms with Crippen LogP contribution in [0, 0.1) is 0 Å². The highest BCUT2D eigenvalue weighted by Crippen LogP contribution is 2.25. The number of nitrogens with one attached hydrogen (secondary N) is 2. The summed E-state index contributed by atoms with van der Waals surface area (Å²) in [6, 6.07) is 7.84. The van der Waals surface area contributed by atoms with Crippen molar-refractivity contribution in [1.29, 1.82) is 0 Å². The van der Waals surface area contributed by atoms with Crippen LogP contribution in [0.3, 0.4) is 0 Å². The molecule has 3 rings (SSSR count). The van der Waals surface area contributed by atoms with Gasteiger partial charge in [-0.25, -0.2) is 4.98 Å². The Morgan fingerprint density at radius 2 is 2.20 bits per heavy atom. The second-order valence-electron chi connectivity index (χ2n) is 5.91. The summed E-state index contributed by atoms with van der Waals surface area (Å²) in [4.78, 5) is 16.7. The zero-order valence-corrected chi connectivity index (χ0v) is 15.2. The first-order chi connectivity index (χ1) is 12.3. The van der Waals surface area contributed by atoms with Gasteiger partial charge in [0.15, 0.2) is 0 Å². The first-order valence-electron chi connectivity index (χ1n) is 8.62. The van der Waals surface area contributed by atoms with Gasteiger partial charge >= 0.3 is 0 Å². The van der Waals surface area contributed by atoms with E-state index in [0.29, 0.717) is 18.8 Å². The number of ether oxygens (including phenoxy) is 1. The van der Waals surface area contributed by atoms with E-state index in [9.17, 15) is 4.79 Å². The zero-order valence-electron chi connectivity index (χ0n) is 14.4. The molecule has 1 aromatic heterocycles. The van der Waals surface area contributed by atoms with Gasteiger partial charge in [0.2, 0.25) is 0 Å². The van der Waals surface area contributed by atoms with Crippen molar-refractivity contribution in [3.63, 3.8) is 0 Å². The van der Waals surface area contributed by atoms with Gasteiger partial charge in [0.05, 0.1) is 6.61 Å². The average molecular weight is 357 g/mol. The predicted octanol–water partition coefficient (Wildman–Crippen LogP) is 3.25. The molecule has 1 aromatic carbocycles. The third kappa shape index (κ3) is 4.90. The molecule has 0 atom stereocenters. The molecule has 0 saturated carbocycles. The number of amides is 1. The Morgan fingerprint density at radius 1 is 1.36 bits per heavy atom. The van der Waals surface area contributed by atoms with Gasteiger partial charge in [-0.1, -0.05) is 18.6 Å². The van der Waals surface area contributed by atoms with Gasteiger partial charge in [-0.15, -0.1) is 11.3 Å². The Bertz CT molecular complexity index is 737. The van der Waals surface area contributed by atoms with Crippen LogP contribution < -0.4 is 15.4 Å². The average Bonchev–Trinajstić information content (AvgIpc) is 3.16. The summed E-state index contributed by atoms with van der Waals surface area (Å²) >= 11 is 1.48. The Labute approximate surface area is 152 Å². The van der Waals surface area contributed by atoms with E-state index in [1.807, 2.05) is 29.6 Å². The number of benzene rings is 1. The summed E-state index contributed by atoms with van der Waals surface area (Å²) < 4.78 is 5.59. The monoisotopic (exact) mass is 357 g/mol. The van der Waals surface area contributed by atoms with Crippen molar-refractivity contribution in [2.24, 2.45) is 0 Å². The smallest absolute Gasteiger partial charge is 0.271 e. The van der Waals surface area contributed by atoms with Gasteiger partial charge in [-0.05, 0) is 43.7 Å². The lowest BCUT2D eigenvalue weighted by Crippen LogP contribution is -2.29. The second kappa shape index (κ2) is 8.78. The first-order valence-corrected chi connectivity index (χ1v) is 9.50. The zero-order chi connectivity index (χ0) is 17.5. The van der Waals surface area contributed by atoms with E-state index in [-0.39, 0.29) is 5.91 Å². The molecule has 0 radical (unpaired) electrons. The molecule has 5 nitrogen and oxygen atoms in total. The Hall–Kier alpha value is -2.18. The number of carbonyl (C=O) groups is 1. The minimum atomic E-state index is -0.121. The minimum absolute atomic E-state index is 0.121. The molecule has 25 heavy (non-hydrogen) atoms. The number of rotatable bonds is 7. The van der Waals surface area contributed by atoms with Crippen molar-refractivity contribution in [3.05, 3.63) is 47.0 Å². The molecule has 0 fully saturated rings. The van der Waals surface area contributed by atoms with Crippen molar-refractivity contribution < 1.29 is 9.53 Å². The second-order valence-corrected chi connectivity index (χ2v) is 6.77. The van der Waals surface area contributed by atoms with Crippen molar-refractivity contribution in [2.45, 2.75) is 19.8 Å². The largest absolute Gasteiger partial charge is 0.494 e. The molecule has 1 aliphatic heterocycles. The van der Waals surface area contributed by atoms with Crippen LogP contribution in [0.5, 0.6) is 5.75 Å². The standard InChI is InChI=1S/C19H23N3O2S/c1-2-11-24-16-5-3-15(4-6-16)19-22-17(13-25-19)18(23)21-12-14-7-9-20-10-8-14/h3-7,13,20H,2,8-12H2,1H3,(H,21,23). The number of hydrogen-bond acceptors (Lipinski definition) is 5. The number of hydrogen-bond donors (Lipinski definition) is 2. The quantitative estimate of drug-likeness (QED) is 0.747. The molecule has 0 spiro atoms. The third-order valence-electron chi connectivity index (χ3n) is 3.94. The summed E-state index contributed by atoms with van der Waals surface area (Å²) in [6.07, 6.45) is 4.10. The highest BCUT2D eigenvalue weighted by Gasteiger charge is 2.13. The van der Waals surface area contributed by atoms with E-state index < -0.39 is 0 Å². The van der Waals surface area contributed by atoms with Gasteiger partial charge in [0.25, 0.3) is 5.91 Å². The van der Waals surface area contributed by atoms with Gasteiger partial charge in [-0.2, -0.15) is 0 Å². The van der Waals surface area contributed by atoms with E-state index >= 15 is 0 Å². The van der Waals surface area contributed by atoms with Crippen LogP contribution >= 0.6 is 11.3 Å². The topological polar surface area (TPSA) is 63.2 Å². The normalized spacial score (nSPS) is 14.0. The summed E-state index contributed by atoms with van der Waals surface area (Å²) in [6.45, 7) is 5.24. The maximum atomic E-state index is 12.3. The maximum absolute atomic E-state index is 12.3. The molecule has 1 aliphatic rings.